The number of rotatable bonds is 4. The Bertz CT molecular complexity index is 103. The highest BCUT2D eigenvalue weighted by Gasteiger charge is 1.91. The summed E-state index contributed by atoms with van der Waals surface area (Å²) in [5.74, 6) is 0. The Morgan fingerprint density at radius 1 is 1.60 bits per heavy atom. The number of hydrogen-bond acceptors (Lipinski definition) is 1. The zero-order chi connectivity index (χ0) is 7.98. The zero-order valence-electron chi connectivity index (χ0n) is 7.22. The van der Waals surface area contributed by atoms with Gasteiger partial charge in [-0.1, -0.05) is 25.0 Å². The molecule has 0 saturated heterocycles. The van der Waals surface area contributed by atoms with Gasteiger partial charge in [-0.05, 0) is 26.7 Å². The van der Waals surface area contributed by atoms with Crippen LogP contribution in [0.15, 0.2) is 11.6 Å². The molecule has 0 amide bonds. The van der Waals surface area contributed by atoms with Gasteiger partial charge >= 0.3 is 0 Å². The van der Waals surface area contributed by atoms with E-state index in [1.165, 1.54) is 18.4 Å². The van der Waals surface area contributed by atoms with Crippen LogP contribution in [0.1, 0.15) is 40.0 Å². The van der Waals surface area contributed by atoms with Crippen molar-refractivity contribution in [2.45, 2.75) is 46.1 Å². The summed E-state index contributed by atoms with van der Waals surface area (Å²) in [5.41, 5.74) is 1.30. The lowest BCUT2D eigenvalue weighted by molar-refractivity contribution is 0.243. The van der Waals surface area contributed by atoms with Crippen LogP contribution in [-0.4, -0.2) is 11.2 Å². The average molecular weight is 142 g/mol. The molecule has 60 valence electrons. The molecule has 1 atom stereocenters. The summed E-state index contributed by atoms with van der Waals surface area (Å²) in [4.78, 5) is 0. The normalized spacial score (nSPS) is 15.4. The summed E-state index contributed by atoms with van der Waals surface area (Å²) < 4.78 is 0. The molecule has 0 aromatic carbocycles. The third-order valence-corrected chi connectivity index (χ3v) is 1.45. The van der Waals surface area contributed by atoms with Crippen molar-refractivity contribution in [1.29, 1.82) is 0 Å². The summed E-state index contributed by atoms with van der Waals surface area (Å²) >= 11 is 0. The van der Waals surface area contributed by atoms with E-state index in [2.05, 4.69) is 13.8 Å². The molecule has 1 nitrogen and oxygen atoms in total. The fraction of sp³-hybridized carbons (Fsp3) is 0.778. The van der Waals surface area contributed by atoms with E-state index in [0.717, 1.165) is 6.42 Å². The van der Waals surface area contributed by atoms with Gasteiger partial charge in [-0.3, -0.25) is 0 Å². The number of aliphatic hydroxyl groups excluding tert-OH is 1. The Hall–Kier alpha value is -0.300. The maximum Gasteiger partial charge on any atom is 0.0695 e. The standard InChI is InChI=1S/C9H18O/c1-4-5-6-8(2)7-9(3)10/h7,9-10H,4-6H2,1-3H3. The average Bonchev–Trinajstić information content (AvgIpc) is 1.82. The Labute approximate surface area is 63.8 Å². The van der Waals surface area contributed by atoms with Gasteiger partial charge in [0.05, 0.1) is 6.10 Å². The van der Waals surface area contributed by atoms with Crippen molar-refractivity contribution in [2.75, 3.05) is 0 Å². The molecule has 0 radical (unpaired) electrons. The van der Waals surface area contributed by atoms with Crippen LogP contribution in [0.5, 0.6) is 0 Å². The van der Waals surface area contributed by atoms with Gasteiger partial charge in [0.15, 0.2) is 0 Å². The topological polar surface area (TPSA) is 20.2 Å². The lowest BCUT2D eigenvalue weighted by atomic mass is 10.1. The van der Waals surface area contributed by atoms with Gasteiger partial charge in [0.25, 0.3) is 0 Å². The molecule has 0 aliphatic rings. The molecule has 0 heterocycles. The second kappa shape index (κ2) is 5.48. The first-order chi connectivity index (χ1) is 4.66. The lowest BCUT2D eigenvalue weighted by Gasteiger charge is -2.00. The molecule has 1 N–H and O–H groups in total. The van der Waals surface area contributed by atoms with E-state index in [1.54, 1.807) is 6.92 Å². The van der Waals surface area contributed by atoms with Crippen molar-refractivity contribution in [3.05, 3.63) is 11.6 Å². The summed E-state index contributed by atoms with van der Waals surface area (Å²) in [7, 11) is 0. The molecule has 1 unspecified atom stereocenters. The third-order valence-electron chi connectivity index (χ3n) is 1.45. The van der Waals surface area contributed by atoms with E-state index in [0.29, 0.717) is 0 Å². The van der Waals surface area contributed by atoms with Crippen LogP contribution in [-0.2, 0) is 0 Å². The number of hydrogen-bond donors (Lipinski definition) is 1. The van der Waals surface area contributed by atoms with E-state index < -0.39 is 0 Å². The maximum absolute atomic E-state index is 8.95. The zero-order valence-corrected chi connectivity index (χ0v) is 7.22. The van der Waals surface area contributed by atoms with Gasteiger partial charge in [-0.15, -0.1) is 0 Å². The summed E-state index contributed by atoms with van der Waals surface area (Å²) in [6.07, 6.45) is 5.22. The second-order valence-electron chi connectivity index (χ2n) is 2.86. The summed E-state index contributed by atoms with van der Waals surface area (Å²) in [6.45, 7) is 6.04. The van der Waals surface area contributed by atoms with Crippen LogP contribution >= 0.6 is 0 Å². The second-order valence-corrected chi connectivity index (χ2v) is 2.86. The molecule has 0 saturated carbocycles. The highest BCUT2D eigenvalue weighted by Crippen LogP contribution is 2.06. The van der Waals surface area contributed by atoms with E-state index in [4.69, 9.17) is 5.11 Å². The Kier molecular flexibility index (Phi) is 5.32. The van der Waals surface area contributed by atoms with Crippen molar-refractivity contribution in [2.24, 2.45) is 0 Å². The van der Waals surface area contributed by atoms with E-state index in [-0.39, 0.29) is 6.10 Å². The van der Waals surface area contributed by atoms with E-state index in [9.17, 15) is 0 Å². The fourth-order valence-electron chi connectivity index (χ4n) is 0.951. The lowest BCUT2D eigenvalue weighted by Crippen LogP contribution is -1.94. The Morgan fingerprint density at radius 3 is 2.60 bits per heavy atom. The van der Waals surface area contributed by atoms with Gasteiger partial charge in [0.2, 0.25) is 0 Å². The molecule has 0 aliphatic heterocycles. The predicted octanol–water partition coefficient (Wildman–Crippen LogP) is 2.50. The fourth-order valence-corrected chi connectivity index (χ4v) is 0.951. The van der Waals surface area contributed by atoms with Crippen molar-refractivity contribution >= 4 is 0 Å². The molecular weight excluding hydrogens is 124 g/mol. The molecule has 0 aliphatic carbocycles. The third kappa shape index (κ3) is 5.83. The maximum atomic E-state index is 8.95. The highest BCUT2D eigenvalue weighted by molar-refractivity contribution is 5.00. The molecule has 0 aromatic rings. The van der Waals surface area contributed by atoms with Crippen LogP contribution in [0, 0.1) is 0 Å². The number of aliphatic hydroxyl groups is 1. The van der Waals surface area contributed by atoms with Crippen molar-refractivity contribution in [1.82, 2.24) is 0 Å². The first kappa shape index (κ1) is 9.70. The minimum atomic E-state index is -0.281. The Balaban J connectivity index is 3.49. The SMILES string of the molecule is CCCCC(C)=CC(C)O. The first-order valence-corrected chi connectivity index (χ1v) is 4.02. The first-order valence-electron chi connectivity index (χ1n) is 4.02. The smallest absolute Gasteiger partial charge is 0.0695 e. The molecule has 1 heteroatoms. The molecule has 10 heavy (non-hydrogen) atoms. The van der Waals surface area contributed by atoms with Gasteiger partial charge < -0.3 is 5.11 Å². The minimum Gasteiger partial charge on any atom is -0.389 e. The number of allylic oxidation sites excluding steroid dienone is 1. The van der Waals surface area contributed by atoms with E-state index in [1.807, 2.05) is 6.08 Å². The monoisotopic (exact) mass is 142 g/mol. The Morgan fingerprint density at radius 2 is 2.20 bits per heavy atom. The van der Waals surface area contributed by atoms with Crippen LogP contribution < -0.4 is 0 Å². The molecule has 0 aromatic heterocycles. The quantitative estimate of drug-likeness (QED) is 0.598. The van der Waals surface area contributed by atoms with Gasteiger partial charge in [0, 0.05) is 0 Å². The van der Waals surface area contributed by atoms with E-state index >= 15 is 0 Å². The predicted molar refractivity (Wildman–Crippen MR) is 45.0 cm³/mol. The number of unbranched alkanes of at least 4 members (excludes halogenated alkanes) is 1. The molecule has 0 bridgehead atoms. The van der Waals surface area contributed by atoms with Crippen molar-refractivity contribution in [3.63, 3.8) is 0 Å². The summed E-state index contributed by atoms with van der Waals surface area (Å²) in [6, 6.07) is 0. The van der Waals surface area contributed by atoms with Crippen LogP contribution in [0.4, 0.5) is 0 Å². The molecule has 0 fully saturated rings. The molecule has 0 rings (SSSR count). The van der Waals surface area contributed by atoms with Gasteiger partial charge in [-0.2, -0.15) is 0 Å². The van der Waals surface area contributed by atoms with Crippen molar-refractivity contribution < 1.29 is 5.11 Å². The summed E-state index contributed by atoms with van der Waals surface area (Å²) in [5, 5.41) is 8.95. The highest BCUT2D eigenvalue weighted by atomic mass is 16.3. The van der Waals surface area contributed by atoms with Crippen LogP contribution in [0.3, 0.4) is 0 Å². The van der Waals surface area contributed by atoms with Gasteiger partial charge in [0.1, 0.15) is 0 Å². The minimum absolute atomic E-state index is 0.281. The van der Waals surface area contributed by atoms with Gasteiger partial charge in [-0.25, -0.2) is 0 Å². The van der Waals surface area contributed by atoms with Crippen molar-refractivity contribution in [3.8, 4) is 0 Å². The largest absolute Gasteiger partial charge is 0.389 e. The van der Waals surface area contributed by atoms with Crippen LogP contribution in [0.25, 0.3) is 0 Å². The molecule has 0 spiro atoms. The molecular formula is C9H18O. The van der Waals surface area contributed by atoms with Crippen LogP contribution in [0.2, 0.25) is 0 Å².